The van der Waals surface area contributed by atoms with Crippen molar-refractivity contribution in [1.82, 2.24) is 0 Å². The van der Waals surface area contributed by atoms with Crippen molar-refractivity contribution in [2.45, 2.75) is 33.3 Å². The van der Waals surface area contributed by atoms with E-state index in [1.54, 1.807) is 13.2 Å². The second-order valence-corrected chi connectivity index (χ2v) is 5.13. The van der Waals surface area contributed by atoms with E-state index in [0.717, 1.165) is 5.56 Å². The zero-order valence-electron chi connectivity index (χ0n) is 12.1. The van der Waals surface area contributed by atoms with Gasteiger partial charge in [-0.25, -0.2) is 4.79 Å². The Bertz CT molecular complexity index is 438. The summed E-state index contributed by atoms with van der Waals surface area (Å²) in [6.45, 7) is 7.45. The smallest absolute Gasteiger partial charge is 0.412 e. The highest BCUT2D eigenvalue weighted by atomic mass is 16.7. The fraction of sp³-hybridized carbons (Fsp3) is 0.500. The minimum atomic E-state index is -0.540. The van der Waals surface area contributed by atoms with Gasteiger partial charge in [0.2, 0.25) is 0 Å². The van der Waals surface area contributed by atoms with Gasteiger partial charge >= 0.3 is 6.09 Å². The molecule has 1 aromatic rings. The molecule has 1 N–H and O–H groups in total. The molecule has 0 unspecified atom stereocenters. The van der Waals surface area contributed by atoms with Crippen LogP contribution in [-0.2, 0) is 9.47 Å². The number of amides is 1. The summed E-state index contributed by atoms with van der Waals surface area (Å²) in [5, 5.41) is 2.68. The zero-order valence-corrected chi connectivity index (χ0v) is 12.1. The SMILES string of the molecule is COCOc1c(C)cccc1NC(=O)OC(C)(C)C. The second kappa shape index (κ2) is 6.43. The highest BCUT2D eigenvalue weighted by molar-refractivity contribution is 5.87. The van der Waals surface area contributed by atoms with Gasteiger partial charge in [0.15, 0.2) is 6.79 Å². The van der Waals surface area contributed by atoms with Gasteiger partial charge in [-0.3, -0.25) is 5.32 Å². The molecule has 5 heteroatoms. The van der Waals surface area contributed by atoms with Crippen molar-refractivity contribution in [3.05, 3.63) is 23.8 Å². The Morgan fingerprint density at radius 2 is 2.00 bits per heavy atom. The number of nitrogens with one attached hydrogen (secondary N) is 1. The van der Waals surface area contributed by atoms with Crippen molar-refractivity contribution in [3.8, 4) is 5.75 Å². The molecule has 0 bridgehead atoms. The molecule has 1 amide bonds. The van der Waals surface area contributed by atoms with Crippen LogP contribution in [-0.4, -0.2) is 25.6 Å². The first kappa shape index (κ1) is 15.3. The number of rotatable bonds is 4. The molecule has 0 saturated heterocycles. The number of benzene rings is 1. The van der Waals surface area contributed by atoms with Crippen molar-refractivity contribution in [3.63, 3.8) is 0 Å². The molecule has 1 rings (SSSR count). The van der Waals surface area contributed by atoms with Crippen molar-refractivity contribution in [2.75, 3.05) is 19.2 Å². The monoisotopic (exact) mass is 267 g/mol. The minimum absolute atomic E-state index is 0.119. The van der Waals surface area contributed by atoms with E-state index in [2.05, 4.69) is 5.32 Å². The van der Waals surface area contributed by atoms with Gasteiger partial charge in [-0.15, -0.1) is 0 Å². The molecule has 5 nitrogen and oxygen atoms in total. The lowest BCUT2D eigenvalue weighted by atomic mass is 10.2. The molecular weight excluding hydrogens is 246 g/mol. The predicted molar refractivity (Wildman–Crippen MR) is 73.5 cm³/mol. The number of para-hydroxylation sites is 1. The predicted octanol–water partition coefficient (Wildman–Crippen LogP) is 3.32. The van der Waals surface area contributed by atoms with Crippen LogP contribution in [0.4, 0.5) is 10.5 Å². The third-order valence-corrected chi connectivity index (χ3v) is 2.17. The van der Waals surface area contributed by atoms with Crippen LogP contribution in [0.15, 0.2) is 18.2 Å². The van der Waals surface area contributed by atoms with Gasteiger partial charge in [0.1, 0.15) is 11.4 Å². The number of methoxy groups -OCH3 is 1. The molecule has 0 saturated carbocycles. The number of aryl methyl sites for hydroxylation is 1. The van der Waals surface area contributed by atoms with Crippen LogP contribution in [0.3, 0.4) is 0 Å². The molecule has 0 aliphatic carbocycles. The maximum atomic E-state index is 11.7. The van der Waals surface area contributed by atoms with Gasteiger partial charge in [0.05, 0.1) is 5.69 Å². The summed E-state index contributed by atoms with van der Waals surface area (Å²) in [7, 11) is 1.54. The first-order chi connectivity index (χ1) is 8.83. The van der Waals surface area contributed by atoms with Crippen molar-refractivity contribution in [2.24, 2.45) is 0 Å². The van der Waals surface area contributed by atoms with Gasteiger partial charge < -0.3 is 14.2 Å². The molecule has 0 radical (unpaired) electrons. The largest absolute Gasteiger partial charge is 0.465 e. The van der Waals surface area contributed by atoms with E-state index in [9.17, 15) is 4.79 Å². The van der Waals surface area contributed by atoms with E-state index < -0.39 is 11.7 Å². The Kier molecular flexibility index (Phi) is 5.18. The lowest BCUT2D eigenvalue weighted by molar-refractivity contribution is 0.0504. The third kappa shape index (κ3) is 5.18. The van der Waals surface area contributed by atoms with E-state index in [-0.39, 0.29) is 6.79 Å². The average molecular weight is 267 g/mol. The third-order valence-electron chi connectivity index (χ3n) is 2.17. The number of hydrogen-bond acceptors (Lipinski definition) is 4. The van der Waals surface area contributed by atoms with E-state index in [4.69, 9.17) is 14.2 Å². The summed E-state index contributed by atoms with van der Waals surface area (Å²) in [6, 6.07) is 5.48. The van der Waals surface area contributed by atoms with Gasteiger partial charge in [-0.05, 0) is 39.3 Å². The molecule has 0 fully saturated rings. The molecule has 0 atom stereocenters. The molecule has 0 aliphatic heterocycles. The van der Waals surface area contributed by atoms with Crippen LogP contribution in [0.1, 0.15) is 26.3 Å². The minimum Gasteiger partial charge on any atom is -0.465 e. The summed E-state index contributed by atoms with van der Waals surface area (Å²) in [5.74, 6) is 0.579. The van der Waals surface area contributed by atoms with Gasteiger partial charge in [0.25, 0.3) is 0 Å². The van der Waals surface area contributed by atoms with E-state index in [1.165, 1.54) is 0 Å². The molecule has 106 valence electrons. The molecule has 0 spiro atoms. The van der Waals surface area contributed by atoms with Gasteiger partial charge in [-0.2, -0.15) is 0 Å². The zero-order chi connectivity index (χ0) is 14.5. The molecule has 1 aromatic carbocycles. The van der Waals surface area contributed by atoms with E-state index >= 15 is 0 Å². The molecule has 0 heterocycles. The summed E-state index contributed by atoms with van der Waals surface area (Å²) in [6.07, 6.45) is -0.514. The van der Waals surface area contributed by atoms with Gasteiger partial charge in [0, 0.05) is 7.11 Å². The summed E-state index contributed by atoms with van der Waals surface area (Å²) in [4.78, 5) is 11.7. The lowest BCUT2D eigenvalue weighted by Gasteiger charge is -2.20. The number of anilines is 1. The molecule has 19 heavy (non-hydrogen) atoms. The normalized spacial score (nSPS) is 11.0. The van der Waals surface area contributed by atoms with Crippen LogP contribution in [0.5, 0.6) is 5.75 Å². The summed E-state index contributed by atoms with van der Waals surface area (Å²) >= 11 is 0. The highest BCUT2D eigenvalue weighted by Crippen LogP contribution is 2.28. The molecule has 0 aliphatic rings. The standard InChI is InChI=1S/C14H21NO4/c1-10-7-6-8-11(12(10)18-9-17-5)15-13(16)19-14(2,3)4/h6-8H,9H2,1-5H3,(H,15,16). The molecule has 0 aromatic heterocycles. The highest BCUT2D eigenvalue weighted by Gasteiger charge is 2.18. The maximum absolute atomic E-state index is 11.7. The van der Waals surface area contributed by atoms with Crippen LogP contribution in [0.25, 0.3) is 0 Å². The Labute approximate surface area is 113 Å². The quantitative estimate of drug-likeness (QED) is 0.850. The fourth-order valence-electron chi connectivity index (χ4n) is 1.47. The summed E-state index contributed by atoms with van der Waals surface area (Å²) in [5.41, 5.74) is 0.929. The molecular formula is C14H21NO4. The van der Waals surface area contributed by atoms with Crippen molar-refractivity contribution in [1.29, 1.82) is 0 Å². The first-order valence-electron chi connectivity index (χ1n) is 6.05. The van der Waals surface area contributed by atoms with E-state index in [1.807, 2.05) is 39.8 Å². The summed E-state index contributed by atoms with van der Waals surface area (Å²) < 4.78 is 15.5. The Hall–Kier alpha value is -1.75. The number of ether oxygens (including phenoxy) is 3. The van der Waals surface area contributed by atoms with Crippen LogP contribution < -0.4 is 10.1 Å². The fourth-order valence-corrected chi connectivity index (χ4v) is 1.47. The Morgan fingerprint density at radius 3 is 2.58 bits per heavy atom. The van der Waals surface area contributed by atoms with Crippen LogP contribution >= 0.6 is 0 Å². The Balaban J connectivity index is 2.82. The lowest BCUT2D eigenvalue weighted by Crippen LogP contribution is -2.27. The van der Waals surface area contributed by atoms with Crippen molar-refractivity contribution < 1.29 is 19.0 Å². The number of hydrogen-bond donors (Lipinski definition) is 1. The van der Waals surface area contributed by atoms with Crippen LogP contribution in [0.2, 0.25) is 0 Å². The first-order valence-corrected chi connectivity index (χ1v) is 6.05. The Morgan fingerprint density at radius 1 is 1.32 bits per heavy atom. The average Bonchev–Trinajstić information content (AvgIpc) is 2.25. The maximum Gasteiger partial charge on any atom is 0.412 e. The van der Waals surface area contributed by atoms with Gasteiger partial charge in [-0.1, -0.05) is 12.1 Å². The van der Waals surface area contributed by atoms with Crippen LogP contribution in [0, 0.1) is 6.92 Å². The topological polar surface area (TPSA) is 56.8 Å². The van der Waals surface area contributed by atoms with E-state index in [0.29, 0.717) is 11.4 Å². The number of carbonyl (C=O) groups excluding carboxylic acids is 1. The van der Waals surface area contributed by atoms with Crippen molar-refractivity contribution >= 4 is 11.8 Å². The second-order valence-electron chi connectivity index (χ2n) is 5.13. The number of carbonyl (C=O) groups is 1.